The number of rotatable bonds is 7. The molecular formula is C21H24N4O3. The normalized spacial score (nSPS) is 10.8. The number of nitrogens with zero attached hydrogens (tertiary/aromatic N) is 2. The Hall–Kier alpha value is -3.35. The van der Waals surface area contributed by atoms with E-state index < -0.39 is 0 Å². The highest BCUT2D eigenvalue weighted by Crippen LogP contribution is 2.15. The van der Waals surface area contributed by atoms with Gasteiger partial charge in [0.15, 0.2) is 0 Å². The van der Waals surface area contributed by atoms with Crippen molar-refractivity contribution >= 4 is 28.5 Å². The van der Waals surface area contributed by atoms with Crippen LogP contribution in [-0.4, -0.2) is 28.0 Å². The zero-order valence-electron chi connectivity index (χ0n) is 16.1. The number of carbonyl (C=O) groups is 2. The van der Waals surface area contributed by atoms with E-state index in [1.165, 1.54) is 0 Å². The average molecular weight is 380 g/mol. The molecule has 0 aliphatic rings. The molecule has 28 heavy (non-hydrogen) atoms. The number of aryl methyl sites for hydroxylation is 2. The zero-order valence-corrected chi connectivity index (χ0v) is 16.1. The zero-order chi connectivity index (χ0) is 20.1. The van der Waals surface area contributed by atoms with E-state index in [0.29, 0.717) is 17.8 Å². The van der Waals surface area contributed by atoms with Crippen LogP contribution < -0.4 is 16.3 Å². The van der Waals surface area contributed by atoms with Crippen LogP contribution in [0.15, 0.2) is 53.3 Å². The molecular weight excluding hydrogens is 356 g/mol. The minimum Gasteiger partial charge on any atom is -0.355 e. The Morgan fingerprint density at radius 3 is 2.29 bits per heavy atom. The van der Waals surface area contributed by atoms with E-state index in [9.17, 15) is 14.4 Å². The Morgan fingerprint density at radius 1 is 0.964 bits per heavy atom. The van der Waals surface area contributed by atoms with Crippen molar-refractivity contribution in [1.82, 2.24) is 14.5 Å². The molecule has 0 spiro atoms. The van der Waals surface area contributed by atoms with Gasteiger partial charge in [0.1, 0.15) is 0 Å². The highest BCUT2D eigenvalue weighted by atomic mass is 16.2. The molecule has 0 atom stereocenters. The Labute approximate surface area is 163 Å². The predicted octanol–water partition coefficient (Wildman–Crippen LogP) is 2.60. The molecule has 0 radical (unpaired) electrons. The van der Waals surface area contributed by atoms with Crippen LogP contribution in [-0.2, 0) is 17.9 Å². The van der Waals surface area contributed by atoms with Crippen molar-refractivity contribution in [2.45, 2.75) is 32.9 Å². The lowest BCUT2D eigenvalue weighted by molar-refractivity contribution is -0.116. The molecule has 146 valence electrons. The molecule has 0 saturated heterocycles. The van der Waals surface area contributed by atoms with Crippen molar-refractivity contribution in [3.8, 4) is 0 Å². The third kappa shape index (κ3) is 3.98. The van der Waals surface area contributed by atoms with Crippen molar-refractivity contribution in [2.75, 3.05) is 12.4 Å². The summed E-state index contributed by atoms with van der Waals surface area (Å²) in [7, 11) is 1.56. The second-order valence-corrected chi connectivity index (χ2v) is 6.53. The van der Waals surface area contributed by atoms with Gasteiger partial charge in [-0.15, -0.1) is 0 Å². The molecule has 1 aromatic heterocycles. The maximum atomic E-state index is 12.8. The number of aromatic nitrogens is 2. The molecule has 0 aliphatic carbocycles. The smallest absolute Gasteiger partial charge is 0.329 e. The molecule has 0 saturated carbocycles. The SMILES string of the molecule is CCCn1c(=O)n(CCC(=O)Nc2cccc(C(=O)NC)c2)c2ccccc21. The summed E-state index contributed by atoms with van der Waals surface area (Å²) in [6.45, 7) is 2.96. The maximum Gasteiger partial charge on any atom is 0.329 e. The topological polar surface area (TPSA) is 85.1 Å². The highest BCUT2D eigenvalue weighted by molar-refractivity contribution is 5.97. The molecule has 7 heteroatoms. The van der Waals surface area contributed by atoms with Crippen LogP contribution in [0.1, 0.15) is 30.1 Å². The number of carbonyl (C=O) groups excluding carboxylic acids is 2. The molecule has 2 N–H and O–H groups in total. The van der Waals surface area contributed by atoms with Crippen LogP contribution in [0.3, 0.4) is 0 Å². The van der Waals surface area contributed by atoms with Crippen LogP contribution >= 0.6 is 0 Å². The van der Waals surface area contributed by atoms with E-state index in [-0.39, 0.29) is 30.5 Å². The lowest BCUT2D eigenvalue weighted by Gasteiger charge is -2.08. The van der Waals surface area contributed by atoms with Crippen molar-refractivity contribution in [1.29, 1.82) is 0 Å². The molecule has 0 aliphatic heterocycles. The Kier molecular flexibility index (Phi) is 5.93. The summed E-state index contributed by atoms with van der Waals surface area (Å²) < 4.78 is 3.39. The lowest BCUT2D eigenvalue weighted by atomic mass is 10.2. The van der Waals surface area contributed by atoms with Gasteiger partial charge in [-0.3, -0.25) is 18.7 Å². The van der Waals surface area contributed by atoms with Crippen LogP contribution in [0.5, 0.6) is 0 Å². The minimum absolute atomic E-state index is 0.0996. The largest absolute Gasteiger partial charge is 0.355 e. The summed E-state index contributed by atoms with van der Waals surface area (Å²) >= 11 is 0. The Balaban J connectivity index is 1.74. The molecule has 0 unspecified atom stereocenters. The number of hydrogen-bond acceptors (Lipinski definition) is 3. The van der Waals surface area contributed by atoms with E-state index in [1.54, 1.807) is 40.4 Å². The quantitative estimate of drug-likeness (QED) is 0.661. The van der Waals surface area contributed by atoms with Gasteiger partial charge < -0.3 is 10.6 Å². The molecule has 3 rings (SSSR count). The first kappa shape index (κ1) is 19.4. The van der Waals surface area contributed by atoms with Gasteiger partial charge in [0.25, 0.3) is 5.91 Å². The second kappa shape index (κ2) is 8.56. The van der Waals surface area contributed by atoms with Crippen molar-refractivity contribution in [2.24, 2.45) is 0 Å². The van der Waals surface area contributed by atoms with Gasteiger partial charge in [-0.2, -0.15) is 0 Å². The summed E-state index contributed by atoms with van der Waals surface area (Å²) in [5, 5.41) is 5.34. The second-order valence-electron chi connectivity index (χ2n) is 6.53. The molecule has 0 fully saturated rings. The molecule has 2 aromatic carbocycles. The molecule has 7 nitrogen and oxygen atoms in total. The third-order valence-electron chi connectivity index (χ3n) is 4.57. The fourth-order valence-electron chi connectivity index (χ4n) is 3.25. The van der Waals surface area contributed by atoms with Crippen LogP contribution in [0, 0.1) is 0 Å². The number of benzene rings is 2. The Morgan fingerprint density at radius 2 is 1.64 bits per heavy atom. The maximum absolute atomic E-state index is 12.8. The lowest BCUT2D eigenvalue weighted by Crippen LogP contribution is -2.26. The van der Waals surface area contributed by atoms with Crippen molar-refractivity contribution < 1.29 is 9.59 Å². The van der Waals surface area contributed by atoms with Crippen LogP contribution in [0.2, 0.25) is 0 Å². The van der Waals surface area contributed by atoms with Gasteiger partial charge in [-0.05, 0) is 36.8 Å². The summed E-state index contributed by atoms with van der Waals surface area (Å²) in [5.41, 5.74) is 2.63. The molecule has 3 aromatic rings. The number of anilines is 1. The summed E-state index contributed by atoms with van der Waals surface area (Å²) in [6, 6.07) is 14.4. The molecule has 2 amide bonds. The predicted molar refractivity (Wildman–Crippen MR) is 110 cm³/mol. The third-order valence-corrected chi connectivity index (χ3v) is 4.57. The van der Waals surface area contributed by atoms with Gasteiger partial charge >= 0.3 is 5.69 Å². The van der Waals surface area contributed by atoms with Crippen molar-refractivity contribution in [3.05, 3.63) is 64.6 Å². The molecule has 1 heterocycles. The van der Waals surface area contributed by atoms with E-state index >= 15 is 0 Å². The van der Waals surface area contributed by atoms with E-state index in [2.05, 4.69) is 10.6 Å². The van der Waals surface area contributed by atoms with Gasteiger partial charge in [0.2, 0.25) is 5.91 Å². The van der Waals surface area contributed by atoms with Crippen LogP contribution in [0.4, 0.5) is 5.69 Å². The summed E-state index contributed by atoms with van der Waals surface area (Å²) in [4.78, 5) is 36.8. The Bertz CT molecular complexity index is 1060. The van der Waals surface area contributed by atoms with Crippen molar-refractivity contribution in [3.63, 3.8) is 0 Å². The first-order valence-electron chi connectivity index (χ1n) is 9.35. The first-order valence-corrected chi connectivity index (χ1v) is 9.35. The van der Waals surface area contributed by atoms with Crippen LogP contribution in [0.25, 0.3) is 11.0 Å². The number of para-hydroxylation sites is 2. The standard InChI is InChI=1S/C21H24N4O3/c1-3-12-24-17-9-4-5-10-18(17)25(21(24)28)13-11-19(26)23-16-8-6-7-15(14-16)20(27)22-2/h4-10,14H,3,11-13H2,1-2H3,(H,22,27)(H,23,26). The fraction of sp³-hybridized carbons (Fsp3) is 0.286. The highest BCUT2D eigenvalue weighted by Gasteiger charge is 2.13. The van der Waals surface area contributed by atoms with E-state index in [0.717, 1.165) is 17.5 Å². The fourth-order valence-corrected chi connectivity index (χ4v) is 3.25. The average Bonchev–Trinajstić information content (AvgIpc) is 2.97. The number of amides is 2. The van der Waals surface area contributed by atoms with E-state index in [1.807, 2.05) is 31.2 Å². The number of nitrogens with one attached hydrogen (secondary N) is 2. The number of imidazole rings is 1. The monoisotopic (exact) mass is 380 g/mol. The number of hydrogen-bond donors (Lipinski definition) is 2. The molecule has 0 bridgehead atoms. The van der Waals surface area contributed by atoms with Gasteiger partial charge in [-0.25, -0.2) is 4.79 Å². The number of fused-ring (bicyclic) bond motifs is 1. The summed E-state index contributed by atoms with van der Waals surface area (Å²) in [5.74, 6) is -0.431. The minimum atomic E-state index is -0.216. The first-order chi connectivity index (χ1) is 13.5. The van der Waals surface area contributed by atoms with Gasteiger partial charge in [0.05, 0.1) is 11.0 Å². The van der Waals surface area contributed by atoms with Gasteiger partial charge in [-0.1, -0.05) is 25.1 Å². The van der Waals surface area contributed by atoms with E-state index in [4.69, 9.17) is 0 Å². The summed E-state index contributed by atoms with van der Waals surface area (Å²) in [6.07, 6.45) is 1.01. The van der Waals surface area contributed by atoms with Gasteiger partial charge in [0, 0.05) is 37.8 Å².